The lowest BCUT2D eigenvalue weighted by molar-refractivity contribution is 0.596. The number of rotatable bonds is 7. The van der Waals surface area contributed by atoms with E-state index >= 15 is 0 Å². The van der Waals surface area contributed by atoms with Crippen molar-refractivity contribution in [3.05, 3.63) is 0 Å². The van der Waals surface area contributed by atoms with Crippen LogP contribution in [0.15, 0.2) is 4.99 Å². The maximum Gasteiger partial charge on any atom is 0.210 e. The molecule has 0 aromatic heterocycles. The predicted octanol–water partition coefficient (Wildman–Crippen LogP) is 0.248. The van der Waals surface area contributed by atoms with Gasteiger partial charge in [-0.3, -0.25) is 4.99 Å². The quantitative estimate of drug-likeness (QED) is 0.256. The van der Waals surface area contributed by atoms with E-state index in [4.69, 9.17) is 5.14 Å². The number of hydrogen-bond donors (Lipinski definition) is 3. The van der Waals surface area contributed by atoms with Crippen LogP contribution in [0.5, 0.6) is 0 Å². The van der Waals surface area contributed by atoms with Crippen molar-refractivity contribution in [2.45, 2.75) is 26.7 Å². The fourth-order valence-electron chi connectivity index (χ4n) is 1.00. The lowest BCUT2D eigenvalue weighted by Gasteiger charge is -2.10. The van der Waals surface area contributed by atoms with Gasteiger partial charge in [-0.15, -0.1) is 24.0 Å². The molecule has 104 valence electrons. The Morgan fingerprint density at radius 2 is 1.94 bits per heavy atom. The average molecular weight is 378 g/mol. The normalized spacial score (nSPS) is 11.8. The molecule has 0 aliphatic rings. The lowest BCUT2D eigenvalue weighted by atomic mass is 10.3. The van der Waals surface area contributed by atoms with E-state index in [0.717, 1.165) is 25.9 Å². The molecule has 0 atom stereocenters. The summed E-state index contributed by atoms with van der Waals surface area (Å²) in [7, 11) is -3.41. The van der Waals surface area contributed by atoms with Gasteiger partial charge in [0.25, 0.3) is 0 Å². The van der Waals surface area contributed by atoms with Crippen molar-refractivity contribution >= 4 is 40.0 Å². The monoisotopic (exact) mass is 378 g/mol. The second kappa shape index (κ2) is 11.0. The molecule has 0 spiro atoms. The zero-order valence-corrected chi connectivity index (χ0v) is 13.5. The number of nitrogens with one attached hydrogen (secondary N) is 2. The number of unbranched alkanes of at least 4 members (excludes halogenated alkanes) is 1. The molecule has 0 aliphatic carbocycles. The topological polar surface area (TPSA) is 96.6 Å². The standard InChI is InChI=1S/C9H22N4O2S.HI/c1-3-5-6-12-9(11-4-2)13-7-8-16(10,14)15;/h3-8H2,1-2H3,(H2,10,14,15)(H2,11,12,13);1H. The first-order valence-electron chi connectivity index (χ1n) is 5.52. The fraction of sp³-hybridized carbons (Fsp3) is 0.889. The van der Waals surface area contributed by atoms with E-state index in [1.807, 2.05) is 6.92 Å². The third-order valence-electron chi connectivity index (χ3n) is 1.80. The Kier molecular flexibility index (Phi) is 12.5. The maximum atomic E-state index is 10.7. The van der Waals surface area contributed by atoms with Crippen LogP contribution in [0.1, 0.15) is 26.7 Å². The van der Waals surface area contributed by atoms with Crippen LogP contribution in [0.25, 0.3) is 0 Å². The maximum absolute atomic E-state index is 10.7. The highest BCUT2D eigenvalue weighted by Gasteiger charge is 2.02. The number of nitrogens with two attached hydrogens (primary N) is 1. The lowest BCUT2D eigenvalue weighted by Crippen LogP contribution is -2.40. The summed E-state index contributed by atoms with van der Waals surface area (Å²) in [4.78, 5) is 4.28. The van der Waals surface area contributed by atoms with Crippen LogP contribution >= 0.6 is 24.0 Å². The van der Waals surface area contributed by atoms with Crippen molar-refractivity contribution in [2.24, 2.45) is 10.1 Å². The molecular weight excluding hydrogens is 355 g/mol. The molecule has 17 heavy (non-hydrogen) atoms. The van der Waals surface area contributed by atoms with Gasteiger partial charge in [0.05, 0.1) is 5.75 Å². The Balaban J connectivity index is 0. The van der Waals surface area contributed by atoms with Gasteiger partial charge in [-0.1, -0.05) is 13.3 Å². The van der Waals surface area contributed by atoms with Crippen LogP contribution in [0.2, 0.25) is 0 Å². The number of primary sulfonamides is 1. The fourth-order valence-corrected chi connectivity index (χ4v) is 1.39. The summed E-state index contributed by atoms with van der Waals surface area (Å²) >= 11 is 0. The number of halogens is 1. The Labute approximate surface area is 121 Å². The first-order chi connectivity index (χ1) is 7.49. The van der Waals surface area contributed by atoms with Crippen LogP contribution in [-0.4, -0.2) is 39.8 Å². The first-order valence-corrected chi connectivity index (χ1v) is 7.23. The van der Waals surface area contributed by atoms with Crippen LogP contribution in [0.3, 0.4) is 0 Å². The van der Waals surface area contributed by atoms with Gasteiger partial charge < -0.3 is 10.6 Å². The Morgan fingerprint density at radius 1 is 1.29 bits per heavy atom. The summed E-state index contributed by atoms with van der Waals surface area (Å²) in [5, 5.41) is 10.8. The van der Waals surface area contributed by atoms with Crippen LogP contribution in [-0.2, 0) is 10.0 Å². The van der Waals surface area contributed by atoms with E-state index in [9.17, 15) is 8.42 Å². The third-order valence-corrected chi connectivity index (χ3v) is 2.58. The molecule has 6 nitrogen and oxygen atoms in total. The van der Waals surface area contributed by atoms with Crippen molar-refractivity contribution in [2.75, 3.05) is 25.4 Å². The molecule has 0 radical (unpaired) electrons. The van der Waals surface area contributed by atoms with Crippen LogP contribution in [0.4, 0.5) is 0 Å². The van der Waals surface area contributed by atoms with Gasteiger partial charge in [0, 0.05) is 19.6 Å². The zero-order chi connectivity index (χ0) is 12.4. The van der Waals surface area contributed by atoms with Gasteiger partial charge in [0.2, 0.25) is 10.0 Å². The summed E-state index contributed by atoms with van der Waals surface area (Å²) in [6.07, 6.45) is 2.10. The predicted molar refractivity (Wildman–Crippen MR) is 82.3 cm³/mol. The minimum Gasteiger partial charge on any atom is -0.357 e. The van der Waals surface area contributed by atoms with Crippen LogP contribution < -0.4 is 15.8 Å². The molecule has 0 rings (SSSR count). The minimum atomic E-state index is -3.41. The van der Waals surface area contributed by atoms with Crippen molar-refractivity contribution in [3.63, 3.8) is 0 Å². The molecule has 0 unspecified atom stereocenters. The van der Waals surface area contributed by atoms with Crippen molar-refractivity contribution in [1.29, 1.82) is 0 Å². The SMILES string of the molecule is CCCCN=C(NCC)NCCS(N)(=O)=O.I. The van der Waals surface area contributed by atoms with Gasteiger partial charge >= 0.3 is 0 Å². The molecule has 0 saturated heterocycles. The van der Waals surface area contributed by atoms with Gasteiger partial charge in [0.15, 0.2) is 5.96 Å². The largest absolute Gasteiger partial charge is 0.357 e. The average Bonchev–Trinajstić information content (AvgIpc) is 2.16. The molecule has 0 heterocycles. The van der Waals surface area contributed by atoms with E-state index < -0.39 is 10.0 Å². The Hall–Kier alpha value is -0.0900. The van der Waals surface area contributed by atoms with Gasteiger partial charge in [-0.25, -0.2) is 13.6 Å². The number of hydrogen-bond acceptors (Lipinski definition) is 3. The summed E-state index contributed by atoms with van der Waals surface area (Å²) in [5.41, 5.74) is 0. The molecule has 0 bridgehead atoms. The summed E-state index contributed by atoms with van der Waals surface area (Å²) in [6.45, 7) is 5.80. The summed E-state index contributed by atoms with van der Waals surface area (Å²) in [5.74, 6) is 0.546. The number of sulfonamides is 1. The van der Waals surface area contributed by atoms with Gasteiger partial charge in [-0.2, -0.15) is 0 Å². The molecule has 0 amide bonds. The second-order valence-electron chi connectivity index (χ2n) is 3.41. The molecule has 0 aliphatic heterocycles. The van der Waals surface area contributed by atoms with Gasteiger partial charge in [-0.05, 0) is 13.3 Å². The van der Waals surface area contributed by atoms with Gasteiger partial charge in [0.1, 0.15) is 0 Å². The van der Waals surface area contributed by atoms with Crippen molar-refractivity contribution in [1.82, 2.24) is 10.6 Å². The van der Waals surface area contributed by atoms with E-state index in [1.165, 1.54) is 0 Å². The number of guanidine groups is 1. The summed E-state index contributed by atoms with van der Waals surface area (Å²) < 4.78 is 21.4. The minimum absolute atomic E-state index is 0. The molecular formula is C9H23IN4O2S. The van der Waals surface area contributed by atoms with Crippen molar-refractivity contribution in [3.8, 4) is 0 Å². The molecule has 0 fully saturated rings. The third kappa shape index (κ3) is 13.8. The van der Waals surface area contributed by atoms with E-state index in [-0.39, 0.29) is 36.3 Å². The summed E-state index contributed by atoms with van der Waals surface area (Å²) in [6, 6.07) is 0. The molecule has 0 saturated carbocycles. The molecule has 8 heteroatoms. The molecule has 0 aromatic carbocycles. The number of nitrogens with zero attached hydrogens (tertiary/aromatic N) is 1. The first kappa shape index (κ1) is 19.3. The van der Waals surface area contributed by atoms with Crippen LogP contribution in [0, 0.1) is 0 Å². The van der Waals surface area contributed by atoms with E-state index in [0.29, 0.717) is 5.96 Å². The highest BCUT2D eigenvalue weighted by Crippen LogP contribution is 1.86. The van der Waals surface area contributed by atoms with E-state index in [1.54, 1.807) is 0 Å². The Morgan fingerprint density at radius 3 is 2.41 bits per heavy atom. The highest BCUT2D eigenvalue weighted by atomic mass is 127. The van der Waals surface area contributed by atoms with E-state index in [2.05, 4.69) is 22.5 Å². The Bertz CT molecular complexity index is 306. The number of aliphatic imine (C=N–C) groups is 1. The smallest absolute Gasteiger partial charge is 0.210 e. The highest BCUT2D eigenvalue weighted by molar-refractivity contribution is 14.0. The van der Waals surface area contributed by atoms with Crippen molar-refractivity contribution < 1.29 is 8.42 Å². The zero-order valence-electron chi connectivity index (χ0n) is 10.4. The molecule has 4 N–H and O–H groups in total. The second-order valence-corrected chi connectivity index (χ2v) is 5.14. The molecule has 0 aromatic rings.